The van der Waals surface area contributed by atoms with E-state index in [9.17, 15) is 0 Å². The fourth-order valence-corrected chi connectivity index (χ4v) is 3.24. The van der Waals surface area contributed by atoms with E-state index in [-0.39, 0.29) is 5.54 Å². The van der Waals surface area contributed by atoms with Gasteiger partial charge in [0.15, 0.2) is 0 Å². The third kappa shape index (κ3) is 2.78. The number of nitrogens with two attached hydrogens (primary N) is 1. The third-order valence-corrected chi connectivity index (χ3v) is 4.48. The van der Waals surface area contributed by atoms with Crippen molar-refractivity contribution in [3.8, 4) is 0 Å². The molecule has 0 aromatic carbocycles. The lowest BCUT2D eigenvalue weighted by Crippen LogP contribution is -2.49. The molecule has 1 aliphatic heterocycles. The molecule has 0 spiro atoms. The first-order chi connectivity index (χ1) is 8.59. The van der Waals surface area contributed by atoms with Gasteiger partial charge in [-0.2, -0.15) is 5.10 Å². The van der Waals surface area contributed by atoms with E-state index >= 15 is 0 Å². The number of nitrogens with zero attached hydrogens (tertiary/aromatic N) is 2. The van der Waals surface area contributed by atoms with Crippen molar-refractivity contribution in [2.45, 2.75) is 51.6 Å². The highest BCUT2D eigenvalue weighted by Crippen LogP contribution is 2.28. The molecule has 0 amide bonds. The van der Waals surface area contributed by atoms with Crippen LogP contribution in [-0.4, -0.2) is 28.5 Å². The van der Waals surface area contributed by atoms with Crippen LogP contribution in [0.25, 0.3) is 0 Å². The Morgan fingerprint density at radius 3 is 2.83 bits per heavy atom. The van der Waals surface area contributed by atoms with Crippen LogP contribution < -0.4 is 5.73 Å². The van der Waals surface area contributed by atoms with Crippen LogP contribution in [0.15, 0.2) is 4.47 Å². The minimum absolute atomic E-state index is 0.237. The van der Waals surface area contributed by atoms with Crippen molar-refractivity contribution in [2.75, 3.05) is 13.2 Å². The summed E-state index contributed by atoms with van der Waals surface area (Å²) in [6, 6.07) is 0. The third-order valence-electron chi connectivity index (χ3n) is 3.57. The van der Waals surface area contributed by atoms with Crippen LogP contribution in [0.3, 0.4) is 0 Å². The first kappa shape index (κ1) is 14.0. The topological polar surface area (TPSA) is 53.1 Å². The van der Waals surface area contributed by atoms with Crippen molar-refractivity contribution in [3.05, 3.63) is 15.9 Å². The van der Waals surface area contributed by atoms with Crippen LogP contribution in [0.1, 0.15) is 38.1 Å². The summed E-state index contributed by atoms with van der Waals surface area (Å²) >= 11 is 3.67. The van der Waals surface area contributed by atoms with Crippen molar-refractivity contribution in [1.82, 2.24) is 9.78 Å². The monoisotopic (exact) mass is 315 g/mol. The summed E-state index contributed by atoms with van der Waals surface area (Å²) in [6.45, 7) is 6.61. The van der Waals surface area contributed by atoms with Gasteiger partial charge in [0, 0.05) is 25.1 Å². The number of aryl methyl sites for hydroxylation is 2. The highest BCUT2D eigenvalue weighted by molar-refractivity contribution is 9.10. The van der Waals surface area contributed by atoms with Gasteiger partial charge in [0.1, 0.15) is 0 Å². The Morgan fingerprint density at radius 2 is 2.28 bits per heavy atom. The normalized spacial score (nSPS) is 24.4. The fraction of sp³-hybridized carbons (Fsp3) is 0.769. The van der Waals surface area contributed by atoms with Crippen molar-refractivity contribution < 1.29 is 4.74 Å². The molecular formula is C13H22BrN3O. The highest BCUT2D eigenvalue weighted by Gasteiger charge is 2.31. The zero-order valence-corrected chi connectivity index (χ0v) is 12.8. The van der Waals surface area contributed by atoms with Crippen molar-refractivity contribution >= 4 is 15.9 Å². The summed E-state index contributed by atoms with van der Waals surface area (Å²) < 4.78 is 8.72. The Balaban J connectivity index is 2.24. The molecule has 1 aliphatic rings. The molecule has 2 rings (SSSR count). The molecule has 1 saturated heterocycles. The largest absolute Gasteiger partial charge is 0.380 e. The lowest BCUT2D eigenvalue weighted by molar-refractivity contribution is 0.0373. The van der Waals surface area contributed by atoms with Crippen LogP contribution in [0.2, 0.25) is 0 Å². The van der Waals surface area contributed by atoms with Crippen LogP contribution in [0, 0.1) is 0 Å². The van der Waals surface area contributed by atoms with Gasteiger partial charge >= 0.3 is 0 Å². The molecule has 0 aliphatic carbocycles. The Hall–Kier alpha value is -0.390. The molecule has 4 nitrogen and oxygen atoms in total. The van der Waals surface area contributed by atoms with E-state index in [1.807, 2.05) is 0 Å². The Morgan fingerprint density at radius 1 is 1.50 bits per heavy atom. The van der Waals surface area contributed by atoms with E-state index in [4.69, 9.17) is 10.5 Å². The maximum absolute atomic E-state index is 6.45. The molecule has 2 N–H and O–H groups in total. The van der Waals surface area contributed by atoms with E-state index < -0.39 is 0 Å². The van der Waals surface area contributed by atoms with E-state index in [0.717, 1.165) is 49.0 Å². The second kappa shape index (κ2) is 5.72. The number of halogens is 1. The van der Waals surface area contributed by atoms with E-state index in [2.05, 4.69) is 39.6 Å². The van der Waals surface area contributed by atoms with Gasteiger partial charge in [-0.05, 0) is 42.1 Å². The molecule has 0 saturated carbocycles. The average molecular weight is 316 g/mol. The maximum Gasteiger partial charge on any atom is 0.0766 e. The Kier molecular flexibility index (Phi) is 4.45. The standard InChI is InChI=1S/C13H22BrN3O/c1-3-10-12(14)11(17(4-2)16-10)8-13(15)6-5-7-18-9-13/h3-9,15H2,1-2H3. The number of hydrogen-bond donors (Lipinski definition) is 1. The lowest BCUT2D eigenvalue weighted by atomic mass is 9.88. The SMILES string of the molecule is CCc1nn(CC)c(CC2(N)CCCOC2)c1Br. The summed E-state index contributed by atoms with van der Waals surface area (Å²) in [7, 11) is 0. The maximum atomic E-state index is 6.45. The number of ether oxygens (including phenoxy) is 1. The minimum atomic E-state index is -0.237. The fourth-order valence-electron chi connectivity index (χ4n) is 2.53. The molecular weight excluding hydrogens is 294 g/mol. The van der Waals surface area contributed by atoms with Gasteiger partial charge in [0.2, 0.25) is 0 Å². The Labute approximate surface area is 117 Å². The molecule has 1 aromatic heterocycles. The molecule has 0 radical (unpaired) electrons. The molecule has 102 valence electrons. The quantitative estimate of drug-likeness (QED) is 0.927. The van der Waals surface area contributed by atoms with Gasteiger partial charge in [0.25, 0.3) is 0 Å². The van der Waals surface area contributed by atoms with Gasteiger partial charge in [-0.3, -0.25) is 4.68 Å². The zero-order chi connectivity index (χ0) is 13.2. The van der Waals surface area contributed by atoms with E-state index in [1.54, 1.807) is 0 Å². The molecule has 1 atom stereocenters. The van der Waals surface area contributed by atoms with Crippen LogP contribution in [0.5, 0.6) is 0 Å². The first-order valence-electron chi connectivity index (χ1n) is 6.70. The first-order valence-corrected chi connectivity index (χ1v) is 7.49. The molecule has 18 heavy (non-hydrogen) atoms. The second-order valence-corrected chi connectivity index (χ2v) is 5.86. The summed E-state index contributed by atoms with van der Waals surface area (Å²) in [5.74, 6) is 0. The van der Waals surface area contributed by atoms with Gasteiger partial charge in [-0.1, -0.05) is 6.92 Å². The summed E-state index contributed by atoms with van der Waals surface area (Å²) in [6.07, 6.45) is 3.84. The summed E-state index contributed by atoms with van der Waals surface area (Å²) in [5.41, 5.74) is 8.54. The van der Waals surface area contributed by atoms with Crippen LogP contribution in [0.4, 0.5) is 0 Å². The van der Waals surface area contributed by atoms with Crippen molar-refractivity contribution in [1.29, 1.82) is 0 Å². The predicted octanol–water partition coefficient (Wildman–Crippen LogP) is 2.28. The smallest absolute Gasteiger partial charge is 0.0766 e. The summed E-state index contributed by atoms with van der Waals surface area (Å²) in [4.78, 5) is 0. The molecule has 1 aromatic rings. The summed E-state index contributed by atoms with van der Waals surface area (Å²) in [5, 5.41) is 4.62. The lowest BCUT2D eigenvalue weighted by Gasteiger charge is -2.33. The van der Waals surface area contributed by atoms with E-state index in [1.165, 1.54) is 5.69 Å². The number of rotatable bonds is 4. The highest BCUT2D eigenvalue weighted by atomic mass is 79.9. The van der Waals surface area contributed by atoms with Gasteiger partial charge < -0.3 is 10.5 Å². The van der Waals surface area contributed by atoms with E-state index in [0.29, 0.717) is 6.61 Å². The van der Waals surface area contributed by atoms with Crippen LogP contribution in [-0.2, 0) is 24.1 Å². The predicted molar refractivity (Wildman–Crippen MR) is 75.7 cm³/mol. The second-order valence-electron chi connectivity index (χ2n) is 5.07. The molecule has 5 heteroatoms. The van der Waals surface area contributed by atoms with Crippen molar-refractivity contribution in [3.63, 3.8) is 0 Å². The van der Waals surface area contributed by atoms with Gasteiger partial charge in [-0.25, -0.2) is 0 Å². The van der Waals surface area contributed by atoms with Crippen LogP contribution >= 0.6 is 15.9 Å². The molecule has 2 heterocycles. The Bertz CT molecular complexity index is 411. The van der Waals surface area contributed by atoms with Gasteiger partial charge in [-0.15, -0.1) is 0 Å². The average Bonchev–Trinajstić information content (AvgIpc) is 2.67. The molecule has 1 unspecified atom stereocenters. The van der Waals surface area contributed by atoms with Gasteiger partial charge in [0.05, 0.1) is 22.5 Å². The minimum Gasteiger partial charge on any atom is -0.380 e. The van der Waals surface area contributed by atoms with Crippen molar-refractivity contribution in [2.24, 2.45) is 5.73 Å². The molecule has 1 fully saturated rings. The number of hydrogen-bond acceptors (Lipinski definition) is 3. The molecule has 0 bridgehead atoms. The number of aromatic nitrogens is 2. The zero-order valence-electron chi connectivity index (χ0n) is 11.2.